The largest absolute Gasteiger partial charge is 0.385 e. The van der Waals surface area contributed by atoms with Gasteiger partial charge >= 0.3 is 0 Å². The first-order chi connectivity index (χ1) is 10.1. The topological polar surface area (TPSA) is 41.1 Å². The third kappa shape index (κ3) is 2.77. The van der Waals surface area contributed by atoms with Gasteiger partial charge in [-0.25, -0.2) is 0 Å². The maximum Gasteiger partial charge on any atom is 0.232 e. The molecule has 108 valence electrons. The molecular weight excluding hydrogens is 260 g/mol. The van der Waals surface area contributed by atoms with Crippen LogP contribution in [0.1, 0.15) is 29.0 Å². The first-order valence-corrected chi connectivity index (χ1v) is 7.36. The zero-order valence-electron chi connectivity index (χ0n) is 12.4. The van der Waals surface area contributed by atoms with Gasteiger partial charge in [-0.05, 0) is 49.1 Å². The van der Waals surface area contributed by atoms with E-state index < -0.39 is 0 Å². The van der Waals surface area contributed by atoms with Crippen LogP contribution in [-0.2, 0) is 4.79 Å². The van der Waals surface area contributed by atoms with Crippen molar-refractivity contribution in [3.63, 3.8) is 0 Å². The molecule has 0 aromatic heterocycles. The summed E-state index contributed by atoms with van der Waals surface area (Å²) in [4.78, 5) is 12.7. The lowest BCUT2D eigenvalue weighted by Crippen LogP contribution is -2.27. The average Bonchev–Trinajstić information content (AvgIpc) is 2.50. The highest BCUT2D eigenvalue weighted by Crippen LogP contribution is 2.32. The summed E-state index contributed by atoms with van der Waals surface area (Å²) in [6.07, 6.45) is 0.827. The van der Waals surface area contributed by atoms with Crippen molar-refractivity contribution >= 4 is 17.3 Å². The molecule has 2 N–H and O–H groups in total. The fourth-order valence-corrected chi connectivity index (χ4v) is 2.83. The fraction of sp³-hybridized carbons (Fsp3) is 0.278. The number of rotatable bonds is 2. The highest BCUT2D eigenvalue weighted by Gasteiger charge is 2.26. The van der Waals surface area contributed by atoms with Gasteiger partial charge in [0.25, 0.3) is 0 Å². The summed E-state index contributed by atoms with van der Waals surface area (Å²) >= 11 is 0. The van der Waals surface area contributed by atoms with E-state index in [2.05, 4.69) is 16.7 Å². The standard InChI is InChI=1S/C18H20N2O/c1-12-7-8-13(2)17(11-12)20-18(21)15-9-10-19-16-6-4-3-5-14(15)16/h3-8,11,15,19H,9-10H2,1-2H3,(H,20,21). The second kappa shape index (κ2) is 5.60. The Hall–Kier alpha value is -2.29. The molecule has 3 rings (SSSR count). The molecule has 1 unspecified atom stereocenters. The first-order valence-electron chi connectivity index (χ1n) is 7.36. The van der Waals surface area contributed by atoms with E-state index in [1.807, 2.05) is 50.2 Å². The molecule has 0 saturated carbocycles. The van der Waals surface area contributed by atoms with E-state index in [-0.39, 0.29) is 11.8 Å². The summed E-state index contributed by atoms with van der Waals surface area (Å²) in [6, 6.07) is 14.2. The summed E-state index contributed by atoms with van der Waals surface area (Å²) < 4.78 is 0. The number of aryl methyl sites for hydroxylation is 2. The molecule has 3 heteroatoms. The Balaban J connectivity index is 1.85. The molecule has 1 heterocycles. The Labute approximate surface area is 125 Å². The second-order valence-electron chi connectivity index (χ2n) is 5.66. The van der Waals surface area contributed by atoms with E-state index >= 15 is 0 Å². The van der Waals surface area contributed by atoms with Crippen LogP contribution in [0.25, 0.3) is 0 Å². The van der Waals surface area contributed by atoms with E-state index in [9.17, 15) is 4.79 Å². The number of carbonyl (C=O) groups excluding carboxylic acids is 1. The minimum absolute atomic E-state index is 0.0811. The summed E-state index contributed by atoms with van der Waals surface area (Å²) in [7, 11) is 0. The lowest BCUT2D eigenvalue weighted by atomic mass is 9.90. The van der Waals surface area contributed by atoms with Crippen LogP contribution in [0.15, 0.2) is 42.5 Å². The van der Waals surface area contributed by atoms with Gasteiger partial charge in [0.1, 0.15) is 0 Å². The maximum absolute atomic E-state index is 12.7. The van der Waals surface area contributed by atoms with Crippen molar-refractivity contribution in [2.45, 2.75) is 26.2 Å². The van der Waals surface area contributed by atoms with Crippen molar-refractivity contribution < 1.29 is 4.79 Å². The third-order valence-corrected chi connectivity index (χ3v) is 4.05. The van der Waals surface area contributed by atoms with Crippen LogP contribution in [0.3, 0.4) is 0 Å². The monoisotopic (exact) mass is 280 g/mol. The lowest BCUT2D eigenvalue weighted by molar-refractivity contribution is -0.117. The molecule has 1 aliphatic heterocycles. The van der Waals surface area contributed by atoms with Gasteiger partial charge in [0, 0.05) is 17.9 Å². The number of anilines is 2. The predicted molar refractivity (Wildman–Crippen MR) is 86.8 cm³/mol. The van der Waals surface area contributed by atoms with Crippen molar-refractivity contribution in [2.24, 2.45) is 0 Å². The minimum atomic E-state index is -0.0811. The summed E-state index contributed by atoms with van der Waals surface area (Å²) in [6.45, 7) is 4.89. The van der Waals surface area contributed by atoms with Crippen LogP contribution >= 0.6 is 0 Å². The quantitative estimate of drug-likeness (QED) is 0.877. The van der Waals surface area contributed by atoms with Crippen molar-refractivity contribution in [3.8, 4) is 0 Å². The van der Waals surface area contributed by atoms with E-state index in [1.54, 1.807) is 0 Å². The molecule has 21 heavy (non-hydrogen) atoms. The number of fused-ring (bicyclic) bond motifs is 1. The van der Waals surface area contributed by atoms with Crippen molar-refractivity contribution in [1.82, 2.24) is 0 Å². The van der Waals surface area contributed by atoms with Crippen molar-refractivity contribution in [3.05, 3.63) is 59.2 Å². The number of nitrogens with one attached hydrogen (secondary N) is 2. The van der Waals surface area contributed by atoms with Gasteiger partial charge < -0.3 is 10.6 Å². The molecule has 1 aliphatic rings. The van der Waals surface area contributed by atoms with Crippen LogP contribution in [0.4, 0.5) is 11.4 Å². The van der Waals surface area contributed by atoms with Crippen LogP contribution in [0, 0.1) is 13.8 Å². The highest BCUT2D eigenvalue weighted by molar-refractivity contribution is 5.97. The Bertz CT molecular complexity index is 679. The normalized spacial score (nSPS) is 16.8. The van der Waals surface area contributed by atoms with E-state index in [0.717, 1.165) is 41.0 Å². The zero-order chi connectivity index (χ0) is 14.8. The summed E-state index contributed by atoms with van der Waals surface area (Å²) in [5.41, 5.74) is 5.32. The van der Waals surface area contributed by atoms with Gasteiger partial charge in [-0.1, -0.05) is 30.3 Å². The summed E-state index contributed by atoms with van der Waals surface area (Å²) in [5.74, 6) is 0.0000113. The first kappa shape index (κ1) is 13.7. The molecule has 0 aliphatic carbocycles. The van der Waals surface area contributed by atoms with E-state index in [1.165, 1.54) is 0 Å². The SMILES string of the molecule is Cc1ccc(C)c(NC(=O)C2CCNc3ccccc32)c1. The van der Waals surface area contributed by atoms with E-state index in [0.29, 0.717) is 0 Å². The van der Waals surface area contributed by atoms with Gasteiger partial charge in [-0.15, -0.1) is 0 Å². The number of benzene rings is 2. The van der Waals surface area contributed by atoms with Crippen molar-refractivity contribution in [2.75, 3.05) is 17.2 Å². The number of hydrogen-bond acceptors (Lipinski definition) is 2. The van der Waals surface area contributed by atoms with Crippen LogP contribution in [0.2, 0.25) is 0 Å². The molecule has 2 aromatic carbocycles. The van der Waals surface area contributed by atoms with Gasteiger partial charge in [0.15, 0.2) is 0 Å². The predicted octanol–water partition coefficient (Wildman–Crippen LogP) is 3.84. The molecule has 0 radical (unpaired) electrons. The smallest absolute Gasteiger partial charge is 0.232 e. The molecule has 0 spiro atoms. The van der Waals surface area contributed by atoms with Gasteiger partial charge in [0.2, 0.25) is 5.91 Å². The molecule has 3 nitrogen and oxygen atoms in total. The Morgan fingerprint density at radius 2 is 2.00 bits per heavy atom. The third-order valence-electron chi connectivity index (χ3n) is 4.05. The van der Waals surface area contributed by atoms with Crippen LogP contribution in [0.5, 0.6) is 0 Å². The Morgan fingerprint density at radius 3 is 2.86 bits per heavy atom. The molecule has 2 aromatic rings. The molecule has 0 saturated heterocycles. The minimum Gasteiger partial charge on any atom is -0.385 e. The Kier molecular flexibility index (Phi) is 3.65. The fourth-order valence-electron chi connectivity index (χ4n) is 2.83. The van der Waals surface area contributed by atoms with Crippen LogP contribution in [-0.4, -0.2) is 12.5 Å². The molecule has 0 bridgehead atoms. The van der Waals surface area contributed by atoms with Crippen molar-refractivity contribution in [1.29, 1.82) is 0 Å². The molecule has 0 fully saturated rings. The number of hydrogen-bond donors (Lipinski definition) is 2. The van der Waals surface area contributed by atoms with Gasteiger partial charge in [0.05, 0.1) is 5.92 Å². The molecule has 1 amide bonds. The zero-order valence-corrected chi connectivity index (χ0v) is 12.4. The number of amides is 1. The molecule has 1 atom stereocenters. The number of para-hydroxylation sites is 1. The molecular formula is C18H20N2O. The van der Waals surface area contributed by atoms with Gasteiger partial charge in [-0.2, -0.15) is 0 Å². The summed E-state index contributed by atoms with van der Waals surface area (Å²) in [5, 5.41) is 6.45. The highest BCUT2D eigenvalue weighted by atomic mass is 16.1. The lowest BCUT2D eigenvalue weighted by Gasteiger charge is -2.26. The number of carbonyl (C=O) groups is 1. The maximum atomic E-state index is 12.7. The van der Waals surface area contributed by atoms with E-state index in [4.69, 9.17) is 0 Å². The second-order valence-corrected chi connectivity index (χ2v) is 5.66. The Morgan fingerprint density at radius 1 is 1.19 bits per heavy atom. The van der Waals surface area contributed by atoms with Crippen LogP contribution < -0.4 is 10.6 Å². The van der Waals surface area contributed by atoms with Gasteiger partial charge in [-0.3, -0.25) is 4.79 Å². The average molecular weight is 280 g/mol.